The highest BCUT2D eigenvalue weighted by atomic mass is 16.5. The number of aromatic hydroxyl groups is 1. The van der Waals surface area contributed by atoms with Gasteiger partial charge in [0.25, 0.3) is 0 Å². The summed E-state index contributed by atoms with van der Waals surface area (Å²) in [5.41, 5.74) is 0.907. The molecule has 0 saturated carbocycles. The van der Waals surface area contributed by atoms with Crippen LogP contribution < -0.4 is 4.74 Å². The van der Waals surface area contributed by atoms with E-state index in [0.29, 0.717) is 12.4 Å². The third-order valence-electron chi connectivity index (χ3n) is 1.66. The van der Waals surface area contributed by atoms with Crippen LogP contribution in [0.4, 0.5) is 0 Å². The summed E-state index contributed by atoms with van der Waals surface area (Å²) in [5.74, 6) is 0.751. The molecular formula is C11H14O2. The van der Waals surface area contributed by atoms with E-state index in [0.717, 1.165) is 5.56 Å². The lowest BCUT2D eigenvalue weighted by Crippen LogP contribution is -1.93. The summed E-state index contributed by atoms with van der Waals surface area (Å²) in [5, 5.41) is 9.49. The van der Waals surface area contributed by atoms with Crippen LogP contribution in [-0.4, -0.2) is 11.7 Å². The molecule has 0 aliphatic rings. The first-order chi connectivity index (χ1) is 6.29. The van der Waals surface area contributed by atoms with Gasteiger partial charge < -0.3 is 9.84 Å². The number of allylic oxidation sites excluding steroid dienone is 1. The molecule has 0 aliphatic carbocycles. The Morgan fingerprint density at radius 2 is 2.23 bits per heavy atom. The maximum atomic E-state index is 9.49. The SMILES string of the molecule is CC=Cc1cccc(O)c1OCC. The first-order valence-electron chi connectivity index (χ1n) is 4.37. The smallest absolute Gasteiger partial charge is 0.168 e. The Labute approximate surface area is 78.5 Å². The lowest BCUT2D eigenvalue weighted by Gasteiger charge is -2.08. The second-order valence-corrected chi connectivity index (χ2v) is 2.63. The van der Waals surface area contributed by atoms with Crippen molar-refractivity contribution in [3.05, 3.63) is 29.8 Å². The Balaban J connectivity index is 3.09. The van der Waals surface area contributed by atoms with E-state index in [-0.39, 0.29) is 5.75 Å². The first kappa shape index (κ1) is 9.65. The third-order valence-corrected chi connectivity index (χ3v) is 1.66. The zero-order valence-electron chi connectivity index (χ0n) is 7.95. The molecule has 2 heteroatoms. The fourth-order valence-electron chi connectivity index (χ4n) is 1.15. The lowest BCUT2D eigenvalue weighted by atomic mass is 10.1. The van der Waals surface area contributed by atoms with Gasteiger partial charge >= 0.3 is 0 Å². The van der Waals surface area contributed by atoms with E-state index in [9.17, 15) is 5.11 Å². The number of para-hydroxylation sites is 1. The molecule has 0 heterocycles. The summed E-state index contributed by atoms with van der Waals surface area (Å²) in [6.07, 6.45) is 3.82. The van der Waals surface area contributed by atoms with E-state index < -0.39 is 0 Å². The van der Waals surface area contributed by atoms with Crippen molar-refractivity contribution in [3.8, 4) is 11.5 Å². The molecule has 0 amide bonds. The van der Waals surface area contributed by atoms with Gasteiger partial charge in [0.15, 0.2) is 11.5 Å². The van der Waals surface area contributed by atoms with E-state index in [1.54, 1.807) is 12.1 Å². The van der Waals surface area contributed by atoms with Gasteiger partial charge in [0.2, 0.25) is 0 Å². The van der Waals surface area contributed by atoms with Crippen molar-refractivity contribution in [1.29, 1.82) is 0 Å². The highest BCUT2D eigenvalue weighted by Gasteiger charge is 2.04. The van der Waals surface area contributed by atoms with E-state index in [4.69, 9.17) is 4.74 Å². The van der Waals surface area contributed by atoms with Crippen molar-refractivity contribution >= 4 is 6.08 Å². The normalized spacial score (nSPS) is 10.6. The van der Waals surface area contributed by atoms with E-state index in [2.05, 4.69) is 0 Å². The van der Waals surface area contributed by atoms with Crippen molar-refractivity contribution in [2.24, 2.45) is 0 Å². The van der Waals surface area contributed by atoms with Crippen LogP contribution in [0.15, 0.2) is 24.3 Å². The van der Waals surface area contributed by atoms with Crippen LogP contribution in [0.2, 0.25) is 0 Å². The molecule has 0 fully saturated rings. The molecule has 0 radical (unpaired) electrons. The predicted molar refractivity (Wildman–Crippen MR) is 54.0 cm³/mol. The van der Waals surface area contributed by atoms with Gasteiger partial charge in [-0.3, -0.25) is 0 Å². The van der Waals surface area contributed by atoms with Gasteiger partial charge in [-0.15, -0.1) is 0 Å². The molecule has 2 nitrogen and oxygen atoms in total. The average molecular weight is 178 g/mol. The molecule has 13 heavy (non-hydrogen) atoms. The number of phenols is 1. The number of phenolic OH excluding ortho intramolecular Hbond substituents is 1. The van der Waals surface area contributed by atoms with Crippen molar-refractivity contribution in [3.63, 3.8) is 0 Å². The molecule has 0 aromatic heterocycles. The van der Waals surface area contributed by atoms with Crippen LogP contribution in [0.3, 0.4) is 0 Å². The van der Waals surface area contributed by atoms with Crippen LogP contribution in [0.1, 0.15) is 19.4 Å². The second-order valence-electron chi connectivity index (χ2n) is 2.63. The van der Waals surface area contributed by atoms with Crippen LogP contribution in [0.5, 0.6) is 11.5 Å². The Hall–Kier alpha value is -1.44. The Bertz CT molecular complexity index is 303. The molecular weight excluding hydrogens is 164 g/mol. The highest BCUT2D eigenvalue weighted by Crippen LogP contribution is 2.30. The van der Waals surface area contributed by atoms with Crippen LogP contribution in [0, 0.1) is 0 Å². The quantitative estimate of drug-likeness (QED) is 0.771. The molecule has 1 aromatic carbocycles. The van der Waals surface area contributed by atoms with Gasteiger partial charge in [-0.2, -0.15) is 0 Å². The van der Waals surface area contributed by atoms with Gasteiger partial charge in [0, 0.05) is 5.56 Å². The van der Waals surface area contributed by atoms with E-state index in [1.807, 2.05) is 32.1 Å². The van der Waals surface area contributed by atoms with Crippen molar-refractivity contribution < 1.29 is 9.84 Å². The summed E-state index contributed by atoms with van der Waals surface area (Å²) in [4.78, 5) is 0. The summed E-state index contributed by atoms with van der Waals surface area (Å²) < 4.78 is 5.32. The number of benzene rings is 1. The fourth-order valence-corrected chi connectivity index (χ4v) is 1.15. The average Bonchev–Trinajstić information content (AvgIpc) is 2.11. The molecule has 0 unspecified atom stereocenters. The topological polar surface area (TPSA) is 29.5 Å². The summed E-state index contributed by atoms with van der Waals surface area (Å²) >= 11 is 0. The molecule has 0 atom stereocenters. The highest BCUT2D eigenvalue weighted by molar-refractivity contribution is 5.61. The van der Waals surface area contributed by atoms with Gasteiger partial charge in [0.05, 0.1) is 6.61 Å². The molecule has 0 aliphatic heterocycles. The largest absolute Gasteiger partial charge is 0.504 e. The van der Waals surface area contributed by atoms with Gasteiger partial charge in [0.1, 0.15) is 0 Å². The van der Waals surface area contributed by atoms with E-state index in [1.165, 1.54) is 0 Å². The molecule has 0 bridgehead atoms. The molecule has 1 N–H and O–H groups in total. The minimum Gasteiger partial charge on any atom is -0.504 e. The molecule has 70 valence electrons. The number of rotatable bonds is 3. The molecule has 1 rings (SSSR count). The minimum atomic E-state index is 0.192. The second kappa shape index (κ2) is 4.55. The molecule has 0 spiro atoms. The lowest BCUT2D eigenvalue weighted by molar-refractivity contribution is 0.317. The summed E-state index contributed by atoms with van der Waals surface area (Å²) in [6, 6.07) is 5.33. The number of ether oxygens (including phenoxy) is 1. The number of hydrogen-bond acceptors (Lipinski definition) is 2. The number of hydrogen-bond donors (Lipinski definition) is 1. The summed E-state index contributed by atoms with van der Waals surface area (Å²) in [6.45, 7) is 4.38. The minimum absolute atomic E-state index is 0.192. The summed E-state index contributed by atoms with van der Waals surface area (Å²) in [7, 11) is 0. The Kier molecular flexibility index (Phi) is 3.38. The molecule has 0 saturated heterocycles. The van der Waals surface area contributed by atoms with Crippen LogP contribution in [-0.2, 0) is 0 Å². The van der Waals surface area contributed by atoms with Gasteiger partial charge in [-0.05, 0) is 19.9 Å². The molecule has 1 aromatic rings. The third kappa shape index (κ3) is 2.25. The van der Waals surface area contributed by atoms with Gasteiger partial charge in [-0.25, -0.2) is 0 Å². The zero-order valence-corrected chi connectivity index (χ0v) is 7.95. The standard InChI is InChI=1S/C11H14O2/c1-3-6-9-7-5-8-10(12)11(9)13-4-2/h3,5-8,12H,4H2,1-2H3. The van der Waals surface area contributed by atoms with Gasteiger partial charge in [-0.1, -0.05) is 24.3 Å². The van der Waals surface area contributed by atoms with E-state index >= 15 is 0 Å². The van der Waals surface area contributed by atoms with Crippen molar-refractivity contribution in [2.75, 3.05) is 6.61 Å². The Morgan fingerprint density at radius 3 is 2.85 bits per heavy atom. The van der Waals surface area contributed by atoms with Crippen molar-refractivity contribution in [2.45, 2.75) is 13.8 Å². The van der Waals surface area contributed by atoms with Crippen molar-refractivity contribution in [1.82, 2.24) is 0 Å². The van der Waals surface area contributed by atoms with Crippen LogP contribution in [0.25, 0.3) is 6.08 Å². The maximum absolute atomic E-state index is 9.49. The Morgan fingerprint density at radius 1 is 1.46 bits per heavy atom. The fraction of sp³-hybridized carbons (Fsp3) is 0.273. The first-order valence-corrected chi connectivity index (χ1v) is 4.37. The zero-order chi connectivity index (χ0) is 9.68. The predicted octanol–water partition coefficient (Wildman–Crippen LogP) is 2.82. The monoisotopic (exact) mass is 178 g/mol. The van der Waals surface area contributed by atoms with Crippen LogP contribution >= 0.6 is 0 Å². The maximum Gasteiger partial charge on any atom is 0.168 e.